The molecule has 0 aromatic heterocycles. The molecule has 3 atom stereocenters. The van der Waals surface area contributed by atoms with Gasteiger partial charge in [-0.15, -0.1) is 0 Å². The van der Waals surface area contributed by atoms with E-state index in [0.717, 1.165) is 36.3 Å². The molecule has 0 bridgehead atoms. The normalized spacial score (nSPS) is 20.3. The standard InChI is InChI=1S/C27H28ClN3O/c1-32-25-13-9-22(10-14-25)26(15-17-29)31-18-4-6-23-5-2-3-16-27(23,20-30)19-21-7-11-24(28)12-8-21/h2-3,5,7-14,16,23,26,31H,4,6,15,18-19H2,1H3/t23-,26?,27+/m1/s1. The lowest BCUT2D eigenvalue weighted by Crippen LogP contribution is -2.31. The van der Waals surface area contributed by atoms with Gasteiger partial charge in [0.05, 0.1) is 31.1 Å². The van der Waals surface area contributed by atoms with Gasteiger partial charge in [-0.2, -0.15) is 10.5 Å². The second-order valence-corrected chi connectivity index (χ2v) is 8.53. The number of nitrogens with one attached hydrogen (secondary N) is 1. The molecule has 0 amide bonds. The van der Waals surface area contributed by atoms with E-state index in [1.54, 1.807) is 7.11 Å². The van der Waals surface area contributed by atoms with Crippen LogP contribution in [0.5, 0.6) is 5.75 Å². The maximum absolute atomic E-state index is 10.1. The van der Waals surface area contributed by atoms with E-state index in [1.807, 2.05) is 66.8 Å². The molecule has 1 aliphatic carbocycles. The number of nitriles is 2. The molecule has 0 spiro atoms. The first-order valence-electron chi connectivity index (χ1n) is 10.9. The van der Waals surface area contributed by atoms with E-state index >= 15 is 0 Å². The van der Waals surface area contributed by atoms with Gasteiger partial charge in [-0.05, 0) is 67.1 Å². The lowest BCUT2D eigenvalue weighted by atomic mass is 9.68. The van der Waals surface area contributed by atoms with Crippen molar-refractivity contribution in [3.63, 3.8) is 0 Å². The Morgan fingerprint density at radius 2 is 1.84 bits per heavy atom. The molecule has 3 rings (SSSR count). The molecule has 164 valence electrons. The third-order valence-electron chi connectivity index (χ3n) is 6.02. The van der Waals surface area contributed by atoms with Crippen LogP contribution in [0.15, 0.2) is 72.8 Å². The number of rotatable bonds is 10. The van der Waals surface area contributed by atoms with Gasteiger partial charge in [0, 0.05) is 11.1 Å². The Bertz CT molecular complexity index is 1010. The number of allylic oxidation sites excluding steroid dienone is 4. The molecule has 4 nitrogen and oxygen atoms in total. The fourth-order valence-corrected chi connectivity index (χ4v) is 4.32. The Labute approximate surface area is 195 Å². The Morgan fingerprint density at radius 3 is 2.50 bits per heavy atom. The summed E-state index contributed by atoms with van der Waals surface area (Å²) >= 11 is 6.02. The summed E-state index contributed by atoms with van der Waals surface area (Å²) in [7, 11) is 1.64. The fraction of sp³-hybridized carbons (Fsp3) is 0.333. The van der Waals surface area contributed by atoms with Crippen molar-refractivity contribution in [1.82, 2.24) is 5.32 Å². The average Bonchev–Trinajstić information content (AvgIpc) is 2.83. The molecule has 0 saturated heterocycles. The molecule has 5 heteroatoms. The van der Waals surface area contributed by atoms with E-state index in [2.05, 4.69) is 23.5 Å². The van der Waals surface area contributed by atoms with Crippen LogP contribution in [-0.2, 0) is 6.42 Å². The Hall–Kier alpha value is -3.05. The molecular formula is C27H28ClN3O. The number of ether oxygens (including phenoxy) is 1. The highest BCUT2D eigenvalue weighted by Gasteiger charge is 2.36. The number of benzene rings is 2. The van der Waals surface area contributed by atoms with Crippen LogP contribution in [0.2, 0.25) is 5.02 Å². The summed E-state index contributed by atoms with van der Waals surface area (Å²) in [4.78, 5) is 0. The molecule has 32 heavy (non-hydrogen) atoms. The molecule has 0 radical (unpaired) electrons. The highest BCUT2D eigenvalue weighted by molar-refractivity contribution is 6.30. The molecule has 2 aromatic carbocycles. The van der Waals surface area contributed by atoms with Crippen molar-refractivity contribution in [2.45, 2.75) is 31.7 Å². The van der Waals surface area contributed by atoms with E-state index in [1.165, 1.54) is 0 Å². The predicted octanol–water partition coefficient (Wildman–Crippen LogP) is 6.17. The molecule has 0 aliphatic heterocycles. The van der Waals surface area contributed by atoms with Gasteiger partial charge in [0.25, 0.3) is 0 Å². The summed E-state index contributed by atoms with van der Waals surface area (Å²) in [6.07, 6.45) is 11.0. The smallest absolute Gasteiger partial charge is 0.118 e. The minimum atomic E-state index is -0.565. The molecule has 1 N–H and O–H groups in total. The average molecular weight is 446 g/mol. The maximum Gasteiger partial charge on any atom is 0.118 e. The van der Waals surface area contributed by atoms with Gasteiger partial charge in [0.1, 0.15) is 5.75 Å². The number of methoxy groups -OCH3 is 1. The summed E-state index contributed by atoms with van der Waals surface area (Å²) in [5.74, 6) is 0.931. The van der Waals surface area contributed by atoms with Crippen molar-refractivity contribution in [1.29, 1.82) is 10.5 Å². The zero-order valence-corrected chi connectivity index (χ0v) is 19.1. The summed E-state index contributed by atoms with van der Waals surface area (Å²) in [6.45, 7) is 0.773. The molecule has 0 heterocycles. The Morgan fingerprint density at radius 1 is 1.09 bits per heavy atom. The van der Waals surface area contributed by atoms with Crippen LogP contribution in [0.4, 0.5) is 0 Å². The van der Waals surface area contributed by atoms with Crippen molar-refractivity contribution in [2.75, 3.05) is 13.7 Å². The molecule has 0 fully saturated rings. The first-order chi connectivity index (χ1) is 15.6. The first-order valence-corrected chi connectivity index (χ1v) is 11.2. The third kappa shape index (κ3) is 6.01. The zero-order valence-electron chi connectivity index (χ0n) is 18.3. The van der Waals surface area contributed by atoms with Crippen molar-refractivity contribution in [3.05, 3.63) is 89.0 Å². The van der Waals surface area contributed by atoms with Crippen LogP contribution in [-0.4, -0.2) is 13.7 Å². The maximum atomic E-state index is 10.1. The van der Waals surface area contributed by atoms with Gasteiger partial charge >= 0.3 is 0 Å². The van der Waals surface area contributed by atoms with Gasteiger partial charge in [-0.25, -0.2) is 0 Å². The van der Waals surface area contributed by atoms with Gasteiger partial charge < -0.3 is 10.1 Å². The summed E-state index contributed by atoms with van der Waals surface area (Å²) in [5.41, 5.74) is 1.61. The molecule has 2 aromatic rings. The largest absolute Gasteiger partial charge is 0.497 e. The van der Waals surface area contributed by atoms with Gasteiger partial charge in [-0.3, -0.25) is 0 Å². The topological polar surface area (TPSA) is 68.8 Å². The van der Waals surface area contributed by atoms with E-state index in [9.17, 15) is 10.5 Å². The number of halogens is 1. The summed E-state index contributed by atoms with van der Waals surface area (Å²) in [5, 5.41) is 23.6. The monoisotopic (exact) mass is 445 g/mol. The highest BCUT2D eigenvalue weighted by Crippen LogP contribution is 2.39. The molecule has 0 saturated carbocycles. The molecule has 1 unspecified atom stereocenters. The van der Waals surface area contributed by atoms with E-state index in [4.69, 9.17) is 16.3 Å². The van der Waals surface area contributed by atoms with Crippen LogP contribution < -0.4 is 10.1 Å². The summed E-state index contributed by atoms with van der Waals surface area (Å²) < 4.78 is 5.22. The van der Waals surface area contributed by atoms with Crippen molar-refractivity contribution in [3.8, 4) is 17.9 Å². The number of hydrogen-bond donors (Lipinski definition) is 1. The van der Waals surface area contributed by atoms with Crippen LogP contribution >= 0.6 is 11.6 Å². The van der Waals surface area contributed by atoms with Gasteiger partial charge in [0.2, 0.25) is 0 Å². The van der Waals surface area contributed by atoms with Crippen LogP contribution in [0.1, 0.15) is 36.4 Å². The predicted molar refractivity (Wildman–Crippen MR) is 128 cm³/mol. The SMILES string of the molecule is COc1ccc(C(CC#N)NCCC[C@H]2C=CC=C[C@@]2(C#N)Cc2ccc(Cl)cc2)cc1. The number of nitrogens with zero attached hydrogens (tertiary/aromatic N) is 2. The first kappa shape index (κ1) is 23.6. The van der Waals surface area contributed by atoms with Crippen LogP contribution in [0.25, 0.3) is 0 Å². The summed E-state index contributed by atoms with van der Waals surface area (Å²) in [6, 6.07) is 20.4. The van der Waals surface area contributed by atoms with Crippen LogP contribution in [0.3, 0.4) is 0 Å². The quantitative estimate of drug-likeness (QED) is 0.444. The molecular weight excluding hydrogens is 418 g/mol. The van der Waals surface area contributed by atoms with Gasteiger partial charge in [-0.1, -0.05) is 60.2 Å². The number of hydrogen-bond acceptors (Lipinski definition) is 4. The second-order valence-electron chi connectivity index (χ2n) is 8.09. The second kappa shape index (κ2) is 11.5. The van der Waals surface area contributed by atoms with Crippen LogP contribution in [0, 0.1) is 34.0 Å². The van der Waals surface area contributed by atoms with E-state index < -0.39 is 5.41 Å². The minimum Gasteiger partial charge on any atom is -0.497 e. The zero-order chi connectivity index (χ0) is 22.8. The lowest BCUT2D eigenvalue weighted by molar-refractivity contribution is 0.330. The lowest BCUT2D eigenvalue weighted by Gasteiger charge is -2.33. The Balaban J connectivity index is 1.60. The third-order valence-corrected chi connectivity index (χ3v) is 6.28. The fourth-order valence-electron chi connectivity index (χ4n) is 4.20. The highest BCUT2D eigenvalue weighted by atomic mass is 35.5. The Kier molecular flexibility index (Phi) is 8.51. The van der Waals surface area contributed by atoms with Crippen molar-refractivity contribution < 1.29 is 4.74 Å². The van der Waals surface area contributed by atoms with E-state index in [0.29, 0.717) is 17.9 Å². The van der Waals surface area contributed by atoms with Gasteiger partial charge in [0.15, 0.2) is 0 Å². The van der Waals surface area contributed by atoms with E-state index in [-0.39, 0.29) is 12.0 Å². The van der Waals surface area contributed by atoms with Crippen molar-refractivity contribution in [2.24, 2.45) is 11.3 Å². The molecule has 1 aliphatic rings. The minimum absolute atomic E-state index is 0.0255. The van der Waals surface area contributed by atoms with Crippen molar-refractivity contribution >= 4 is 11.6 Å².